The molecule has 8 rings (SSSR count). The van der Waals surface area contributed by atoms with Crippen LogP contribution in [0.3, 0.4) is 0 Å². The Balaban J connectivity index is 0.00000496. The van der Waals surface area contributed by atoms with Gasteiger partial charge in [0, 0.05) is 23.4 Å². The molecule has 7 aromatic rings. The molecule has 0 amide bonds. The van der Waals surface area contributed by atoms with Gasteiger partial charge in [-0.25, -0.2) is 0 Å². The van der Waals surface area contributed by atoms with Crippen LogP contribution in [0.1, 0.15) is 101 Å². The Morgan fingerprint density at radius 3 is 1.63 bits per heavy atom. The molecule has 0 N–H and O–H groups in total. The molecule has 1 aliphatic rings. The van der Waals surface area contributed by atoms with Gasteiger partial charge in [-0.2, -0.15) is 33.2 Å². The number of ether oxygens (including phenoxy) is 1. The van der Waals surface area contributed by atoms with Gasteiger partial charge in [0.1, 0.15) is 0 Å². The monoisotopic (exact) mass is 930 g/mol. The zero-order valence-corrected chi connectivity index (χ0v) is 36.4. The number of nitrogens with zero attached hydrogens (tertiary/aromatic N) is 5. The molecular formula is C50H49N5OPt. The summed E-state index contributed by atoms with van der Waals surface area (Å²) in [6, 6.07) is 48.3. The van der Waals surface area contributed by atoms with E-state index in [2.05, 4.69) is 174 Å². The molecule has 0 atom stereocenters. The van der Waals surface area contributed by atoms with E-state index in [0.717, 1.165) is 39.4 Å². The summed E-state index contributed by atoms with van der Waals surface area (Å²) in [4.78, 5) is 9.18. The van der Waals surface area contributed by atoms with Gasteiger partial charge in [0.2, 0.25) is 0 Å². The van der Waals surface area contributed by atoms with Crippen molar-refractivity contribution in [1.29, 1.82) is 0 Å². The first kappa shape index (κ1) is 39.9. The minimum Gasteiger partial charge on any atom is -0.509 e. The SMILES string of the molecule is CC(C)(C)c1ccc(N2c3ccc(C(C)(C)C)cc3C(c3[c-]c(Oc4[c-]c(-n5nccn5)ccc4)ccc3)(c3ccccn3)c3cc(C(C)(C)C)ccc32)cc1.[Pt+2]. The van der Waals surface area contributed by atoms with Crippen LogP contribution >= 0.6 is 0 Å². The Labute approximate surface area is 352 Å². The second-order valence-corrected chi connectivity index (χ2v) is 17.8. The van der Waals surface area contributed by atoms with Gasteiger partial charge in [0.25, 0.3) is 0 Å². The summed E-state index contributed by atoms with van der Waals surface area (Å²) < 4.78 is 6.58. The summed E-state index contributed by atoms with van der Waals surface area (Å²) in [5, 5.41) is 8.57. The van der Waals surface area contributed by atoms with Crippen molar-refractivity contribution in [2.45, 2.75) is 84.0 Å². The van der Waals surface area contributed by atoms with Crippen molar-refractivity contribution in [2.24, 2.45) is 0 Å². The Morgan fingerprint density at radius 1 is 0.544 bits per heavy atom. The minimum atomic E-state index is -0.875. The van der Waals surface area contributed by atoms with Gasteiger partial charge in [-0.1, -0.05) is 105 Å². The normalized spacial score (nSPS) is 13.7. The van der Waals surface area contributed by atoms with Crippen LogP contribution in [-0.4, -0.2) is 20.0 Å². The van der Waals surface area contributed by atoms with Crippen molar-refractivity contribution < 1.29 is 25.8 Å². The van der Waals surface area contributed by atoms with E-state index in [0.29, 0.717) is 17.2 Å². The molecule has 1 aliphatic heterocycles. The molecule has 3 heterocycles. The minimum absolute atomic E-state index is 0. The van der Waals surface area contributed by atoms with Crippen LogP contribution in [0.5, 0.6) is 11.5 Å². The van der Waals surface area contributed by atoms with Crippen molar-refractivity contribution >= 4 is 17.1 Å². The molecule has 0 radical (unpaired) electrons. The molecule has 0 aliphatic carbocycles. The molecule has 57 heavy (non-hydrogen) atoms. The molecule has 6 nitrogen and oxygen atoms in total. The van der Waals surface area contributed by atoms with Gasteiger partial charge in [-0.05, 0) is 86.1 Å². The summed E-state index contributed by atoms with van der Waals surface area (Å²) in [6.45, 7) is 20.4. The second-order valence-electron chi connectivity index (χ2n) is 17.8. The molecule has 0 spiro atoms. The van der Waals surface area contributed by atoms with Crippen LogP contribution in [-0.2, 0) is 42.7 Å². The van der Waals surface area contributed by atoms with Crippen LogP contribution in [0.15, 0.2) is 134 Å². The molecule has 290 valence electrons. The van der Waals surface area contributed by atoms with Gasteiger partial charge < -0.3 is 9.64 Å². The molecule has 5 aromatic carbocycles. The number of pyridine rings is 1. The zero-order chi connectivity index (χ0) is 39.5. The van der Waals surface area contributed by atoms with Crippen molar-refractivity contribution in [3.63, 3.8) is 0 Å². The number of hydrogen-bond donors (Lipinski definition) is 0. The first-order valence-corrected chi connectivity index (χ1v) is 19.4. The molecule has 0 saturated heterocycles. The van der Waals surface area contributed by atoms with Crippen molar-refractivity contribution in [3.8, 4) is 17.2 Å². The average molecular weight is 931 g/mol. The summed E-state index contributed by atoms with van der Waals surface area (Å²) in [5.41, 5.74) is 10.8. The summed E-state index contributed by atoms with van der Waals surface area (Å²) in [5.74, 6) is 1.11. The van der Waals surface area contributed by atoms with E-state index in [-0.39, 0.29) is 37.3 Å². The fourth-order valence-electron chi connectivity index (χ4n) is 7.75. The first-order chi connectivity index (χ1) is 26.6. The standard InChI is InChI=1S/C50H49N5O.Pt/c1-47(2,3)34-19-23-38(24-20-34)54-44-25-21-35(48(4,5)6)31-42(44)50(46-18-10-11-27-51-46,43-32-36(49(7,8)9)22-26-45(43)54)37-14-12-16-40(30-37)56-41-17-13-15-39(33-41)55-52-28-29-53-55;/h10-29,31-32H,1-9H3;/q-2;+2. The van der Waals surface area contributed by atoms with Crippen LogP contribution in [0.25, 0.3) is 5.69 Å². The van der Waals surface area contributed by atoms with Gasteiger partial charge in [0.15, 0.2) is 0 Å². The quantitative estimate of drug-likeness (QED) is 0.156. The van der Waals surface area contributed by atoms with E-state index in [1.807, 2.05) is 36.5 Å². The molecule has 0 bridgehead atoms. The Kier molecular flexibility index (Phi) is 10.4. The van der Waals surface area contributed by atoms with E-state index < -0.39 is 5.41 Å². The smallest absolute Gasteiger partial charge is 0.509 e. The topological polar surface area (TPSA) is 56.1 Å². The molecule has 0 fully saturated rings. The van der Waals surface area contributed by atoms with Crippen molar-refractivity contribution in [1.82, 2.24) is 20.0 Å². The van der Waals surface area contributed by atoms with Gasteiger partial charge >= 0.3 is 21.1 Å². The maximum Gasteiger partial charge on any atom is 2.00 e. The number of benzene rings is 5. The molecule has 7 heteroatoms. The zero-order valence-electron chi connectivity index (χ0n) is 34.2. The fraction of sp³-hybridized carbons (Fsp3) is 0.260. The van der Waals surface area contributed by atoms with E-state index in [1.54, 1.807) is 12.4 Å². The molecule has 2 aromatic heterocycles. The largest absolute Gasteiger partial charge is 2.00 e. The maximum atomic E-state index is 6.58. The molecule has 0 unspecified atom stereocenters. The summed E-state index contributed by atoms with van der Waals surface area (Å²) >= 11 is 0. The second kappa shape index (κ2) is 14.9. The third kappa shape index (κ3) is 7.37. The number of anilines is 3. The van der Waals surface area contributed by atoms with Crippen LogP contribution in [0, 0.1) is 12.1 Å². The Bertz CT molecular complexity index is 2440. The fourth-order valence-corrected chi connectivity index (χ4v) is 7.75. The molecular weight excluding hydrogens is 882 g/mol. The Morgan fingerprint density at radius 2 is 1.09 bits per heavy atom. The maximum absolute atomic E-state index is 6.58. The van der Waals surface area contributed by atoms with E-state index >= 15 is 0 Å². The number of rotatable bonds is 6. The number of fused-ring (bicyclic) bond motifs is 2. The van der Waals surface area contributed by atoms with Crippen LogP contribution < -0.4 is 9.64 Å². The van der Waals surface area contributed by atoms with Gasteiger partial charge in [0.05, 0.1) is 34.9 Å². The van der Waals surface area contributed by atoms with Crippen LogP contribution in [0.4, 0.5) is 17.1 Å². The third-order valence-electron chi connectivity index (χ3n) is 10.8. The third-order valence-corrected chi connectivity index (χ3v) is 10.8. The summed E-state index contributed by atoms with van der Waals surface area (Å²) in [7, 11) is 0. The van der Waals surface area contributed by atoms with E-state index in [1.165, 1.54) is 21.5 Å². The van der Waals surface area contributed by atoms with Gasteiger partial charge in [-0.15, -0.1) is 35.9 Å². The predicted molar refractivity (Wildman–Crippen MR) is 226 cm³/mol. The van der Waals surface area contributed by atoms with E-state index in [9.17, 15) is 0 Å². The van der Waals surface area contributed by atoms with E-state index in [4.69, 9.17) is 9.72 Å². The van der Waals surface area contributed by atoms with Crippen LogP contribution in [0.2, 0.25) is 0 Å². The molecule has 0 saturated carbocycles. The Hall–Kier alpha value is -5.32. The number of hydrogen-bond acceptors (Lipinski definition) is 5. The predicted octanol–water partition coefficient (Wildman–Crippen LogP) is 12.1. The average Bonchev–Trinajstić information content (AvgIpc) is 3.72. The van der Waals surface area contributed by atoms with Crippen molar-refractivity contribution in [3.05, 3.63) is 185 Å². The number of aromatic nitrogens is 4. The van der Waals surface area contributed by atoms with Crippen molar-refractivity contribution in [2.75, 3.05) is 4.90 Å². The van der Waals surface area contributed by atoms with Gasteiger partial charge in [-0.3, -0.25) is 4.98 Å². The first-order valence-electron chi connectivity index (χ1n) is 19.4. The summed E-state index contributed by atoms with van der Waals surface area (Å²) in [6.07, 6.45) is 5.20.